The second-order valence-electron chi connectivity index (χ2n) is 8.04. The standard InChI is InChI=1S/C25H28N4O2/c1-17(20-10-5-7-18(13-20)14-23(30)31)15-28-24(19-8-3-2-4-9-19)22-16-27-21-11-6-12-26-25(21)29-22/h2-13,17,22,24,27-28H,14-16H2,1H3,(H,26,29)(H,30,31)/t17-,22-,24-/m1/s1. The van der Waals surface area contributed by atoms with Crippen molar-refractivity contribution in [3.63, 3.8) is 0 Å². The third-order valence-corrected chi connectivity index (χ3v) is 5.72. The minimum atomic E-state index is -0.808. The fraction of sp³-hybridized carbons (Fsp3) is 0.280. The number of nitrogens with one attached hydrogen (secondary N) is 3. The lowest BCUT2D eigenvalue weighted by Crippen LogP contribution is -2.45. The summed E-state index contributed by atoms with van der Waals surface area (Å²) in [7, 11) is 0. The van der Waals surface area contributed by atoms with Gasteiger partial charge in [-0.25, -0.2) is 4.98 Å². The molecule has 2 aromatic carbocycles. The predicted molar refractivity (Wildman–Crippen MR) is 124 cm³/mol. The van der Waals surface area contributed by atoms with Crippen LogP contribution in [-0.2, 0) is 11.2 Å². The van der Waals surface area contributed by atoms with Gasteiger partial charge in [0.1, 0.15) is 5.82 Å². The monoisotopic (exact) mass is 416 g/mol. The largest absolute Gasteiger partial charge is 0.481 e. The molecule has 4 rings (SSSR count). The fourth-order valence-corrected chi connectivity index (χ4v) is 4.07. The van der Waals surface area contributed by atoms with Gasteiger partial charge >= 0.3 is 5.97 Å². The van der Waals surface area contributed by atoms with Crippen LogP contribution in [0.3, 0.4) is 0 Å². The summed E-state index contributed by atoms with van der Waals surface area (Å²) in [6, 6.07) is 22.5. The molecular weight excluding hydrogens is 388 g/mol. The number of aromatic nitrogens is 1. The second kappa shape index (κ2) is 9.62. The molecule has 0 bridgehead atoms. The molecule has 0 amide bonds. The molecule has 3 aromatic rings. The number of pyridine rings is 1. The first-order chi connectivity index (χ1) is 15.1. The van der Waals surface area contributed by atoms with E-state index in [0.717, 1.165) is 35.7 Å². The molecule has 3 atom stereocenters. The Labute approximate surface area is 182 Å². The number of aliphatic carboxylic acids is 1. The highest BCUT2D eigenvalue weighted by Gasteiger charge is 2.27. The summed E-state index contributed by atoms with van der Waals surface area (Å²) in [5, 5.41) is 19.9. The van der Waals surface area contributed by atoms with Crippen molar-refractivity contribution in [1.29, 1.82) is 0 Å². The van der Waals surface area contributed by atoms with Gasteiger partial charge in [-0.15, -0.1) is 0 Å². The van der Waals surface area contributed by atoms with Crippen LogP contribution in [0, 0.1) is 0 Å². The summed E-state index contributed by atoms with van der Waals surface area (Å²) in [4.78, 5) is 15.5. The number of hydrogen-bond acceptors (Lipinski definition) is 5. The second-order valence-corrected chi connectivity index (χ2v) is 8.04. The Morgan fingerprint density at radius 2 is 1.94 bits per heavy atom. The molecule has 1 aliphatic heterocycles. The Morgan fingerprint density at radius 3 is 2.74 bits per heavy atom. The number of carbonyl (C=O) groups is 1. The molecular formula is C25H28N4O2. The van der Waals surface area contributed by atoms with E-state index < -0.39 is 5.97 Å². The number of benzene rings is 2. The van der Waals surface area contributed by atoms with Gasteiger partial charge < -0.3 is 21.1 Å². The van der Waals surface area contributed by atoms with Crippen molar-refractivity contribution in [2.24, 2.45) is 0 Å². The van der Waals surface area contributed by atoms with Crippen LogP contribution in [0.5, 0.6) is 0 Å². The Balaban J connectivity index is 1.49. The van der Waals surface area contributed by atoms with E-state index >= 15 is 0 Å². The van der Waals surface area contributed by atoms with Gasteiger partial charge in [0.05, 0.1) is 24.2 Å². The van der Waals surface area contributed by atoms with Crippen molar-refractivity contribution in [2.75, 3.05) is 23.7 Å². The summed E-state index contributed by atoms with van der Waals surface area (Å²) in [6.07, 6.45) is 1.84. The summed E-state index contributed by atoms with van der Waals surface area (Å²) in [5.74, 6) is 0.301. The van der Waals surface area contributed by atoms with Crippen LogP contribution in [0.2, 0.25) is 0 Å². The van der Waals surface area contributed by atoms with E-state index in [4.69, 9.17) is 5.11 Å². The van der Waals surface area contributed by atoms with E-state index in [1.54, 1.807) is 6.20 Å². The maximum absolute atomic E-state index is 11.1. The molecule has 0 fully saturated rings. The normalized spacial score (nSPS) is 17.0. The van der Waals surface area contributed by atoms with Gasteiger partial charge in [0, 0.05) is 19.3 Å². The average Bonchev–Trinajstić information content (AvgIpc) is 2.79. The number of anilines is 2. The third-order valence-electron chi connectivity index (χ3n) is 5.72. The molecule has 31 heavy (non-hydrogen) atoms. The lowest BCUT2D eigenvalue weighted by molar-refractivity contribution is -0.136. The van der Waals surface area contributed by atoms with Crippen molar-refractivity contribution < 1.29 is 9.90 Å². The van der Waals surface area contributed by atoms with Gasteiger partial charge in [-0.2, -0.15) is 0 Å². The van der Waals surface area contributed by atoms with E-state index in [2.05, 4.69) is 58.2 Å². The van der Waals surface area contributed by atoms with Crippen LogP contribution < -0.4 is 16.0 Å². The van der Waals surface area contributed by atoms with Crippen LogP contribution in [0.15, 0.2) is 72.9 Å². The molecule has 160 valence electrons. The summed E-state index contributed by atoms with van der Waals surface area (Å²) in [5.41, 5.74) is 4.21. The highest BCUT2D eigenvalue weighted by atomic mass is 16.4. The molecule has 6 heteroatoms. The smallest absolute Gasteiger partial charge is 0.307 e. The molecule has 6 nitrogen and oxygen atoms in total. The van der Waals surface area contributed by atoms with Gasteiger partial charge in [0.15, 0.2) is 0 Å². The average molecular weight is 417 g/mol. The van der Waals surface area contributed by atoms with Crippen molar-refractivity contribution in [3.8, 4) is 0 Å². The lowest BCUT2D eigenvalue weighted by atomic mass is 9.94. The summed E-state index contributed by atoms with van der Waals surface area (Å²) >= 11 is 0. The van der Waals surface area contributed by atoms with Gasteiger partial charge in [0.2, 0.25) is 0 Å². The SMILES string of the molecule is C[C@H](CN[C@H](c1ccccc1)[C@H]1CNc2cccnc2N1)c1cccc(CC(=O)O)c1. The Morgan fingerprint density at radius 1 is 1.13 bits per heavy atom. The minimum absolute atomic E-state index is 0.0463. The molecule has 1 aromatic heterocycles. The van der Waals surface area contributed by atoms with Gasteiger partial charge in [-0.05, 0) is 34.7 Å². The van der Waals surface area contributed by atoms with E-state index in [0.29, 0.717) is 0 Å². The molecule has 0 spiro atoms. The van der Waals surface area contributed by atoms with Crippen LogP contribution in [-0.4, -0.2) is 35.2 Å². The van der Waals surface area contributed by atoms with E-state index in [-0.39, 0.29) is 24.4 Å². The molecule has 0 radical (unpaired) electrons. The van der Waals surface area contributed by atoms with Crippen molar-refractivity contribution in [1.82, 2.24) is 10.3 Å². The first-order valence-corrected chi connectivity index (χ1v) is 10.6. The predicted octanol–water partition coefficient (Wildman–Crippen LogP) is 4.05. The van der Waals surface area contributed by atoms with E-state index in [9.17, 15) is 4.79 Å². The maximum Gasteiger partial charge on any atom is 0.307 e. The Kier molecular flexibility index (Phi) is 6.48. The van der Waals surface area contributed by atoms with Gasteiger partial charge in [-0.1, -0.05) is 61.5 Å². The summed E-state index contributed by atoms with van der Waals surface area (Å²) in [6.45, 7) is 3.72. The zero-order valence-electron chi connectivity index (χ0n) is 17.6. The first-order valence-electron chi connectivity index (χ1n) is 10.6. The minimum Gasteiger partial charge on any atom is -0.481 e. The molecule has 1 aliphatic rings. The topological polar surface area (TPSA) is 86.3 Å². The number of carboxylic acid groups (broad SMARTS) is 1. The number of carboxylic acids is 1. The van der Waals surface area contributed by atoms with Gasteiger partial charge in [-0.3, -0.25) is 4.79 Å². The zero-order valence-corrected chi connectivity index (χ0v) is 17.6. The van der Waals surface area contributed by atoms with Crippen molar-refractivity contribution in [2.45, 2.75) is 31.3 Å². The van der Waals surface area contributed by atoms with E-state index in [1.807, 2.05) is 36.4 Å². The van der Waals surface area contributed by atoms with E-state index in [1.165, 1.54) is 5.56 Å². The molecule has 0 unspecified atom stereocenters. The molecule has 2 heterocycles. The van der Waals surface area contributed by atoms with Crippen LogP contribution in [0.4, 0.5) is 11.5 Å². The quantitative estimate of drug-likeness (QED) is 0.443. The van der Waals surface area contributed by atoms with Crippen LogP contribution >= 0.6 is 0 Å². The maximum atomic E-state index is 11.1. The van der Waals surface area contributed by atoms with Gasteiger partial charge in [0.25, 0.3) is 0 Å². The molecule has 0 aliphatic carbocycles. The molecule has 0 saturated heterocycles. The number of nitrogens with zero attached hydrogens (tertiary/aromatic N) is 1. The lowest BCUT2D eigenvalue weighted by Gasteiger charge is -2.35. The molecule has 4 N–H and O–H groups in total. The highest BCUT2D eigenvalue weighted by Crippen LogP contribution is 2.29. The zero-order chi connectivity index (χ0) is 21.6. The fourth-order valence-electron chi connectivity index (χ4n) is 4.07. The van der Waals surface area contributed by atoms with Crippen LogP contribution in [0.1, 0.15) is 35.6 Å². The Bertz CT molecular complexity index is 1020. The number of hydrogen-bond donors (Lipinski definition) is 4. The molecule has 0 saturated carbocycles. The summed E-state index contributed by atoms with van der Waals surface area (Å²) < 4.78 is 0. The number of fused-ring (bicyclic) bond motifs is 1. The third kappa shape index (κ3) is 5.22. The van der Waals surface area contributed by atoms with Crippen molar-refractivity contribution in [3.05, 3.63) is 89.6 Å². The highest BCUT2D eigenvalue weighted by molar-refractivity contribution is 5.70. The van der Waals surface area contributed by atoms with Crippen molar-refractivity contribution >= 4 is 17.5 Å². The Hall–Kier alpha value is -3.38. The first kappa shape index (κ1) is 20.9. The van der Waals surface area contributed by atoms with Crippen LogP contribution in [0.25, 0.3) is 0 Å². The number of rotatable bonds is 8.